The number of urea groups is 1. The molecule has 2 aromatic carbocycles. The Bertz CT molecular complexity index is 903. The van der Waals surface area contributed by atoms with Crippen molar-refractivity contribution in [3.63, 3.8) is 0 Å². The van der Waals surface area contributed by atoms with Crippen LogP contribution in [0.5, 0.6) is 5.75 Å². The van der Waals surface area contributed by atoms with E-state index in [1.165, 1.54) is 0 Å². The highest BCUT2D eigenvalue weighted by molar-refractivity contribution is 6.31. The lowest BCUT2D eigenvalue weighted by Crippen LogP contribution is -2.70. The quantitative estimate of drug-likeness (QED) is 0.729. The van der Waals surface area contributed by atoms with E-state index in [0.29, 0.717) is 27.0 Å². The van der Waals surface area contributed by atoms with Gasteiger partial charge >= 0.3 is 6.03 Å². The SMILES string of the molecule is C[C@]12NC(=O)N[C@H](c3cc(Cl)ccc3O1)[C@@H]2C(=O)Nc1ccc(Cl)cc1. The van der Waals surface area contributed by atoms with Gasteiger partial charge in [0.25, 0.3) is 0 Å². The van der Waals surface area contributed by atoms with Gasteiger partial charge in [-0.15, -0.1) is 0 Å². The molecule has 26 heavy (non-hydrogen) atoms. The second-order valence-electron chi connectivity index (χ2n) is 6.44. The average Bonchev–Trinajstić information content (AvgIpc) is 2.56. The summed E-state index contributed by atoms with van der Waals surface area (Å²) in [5.41, 5.74) is 0.0787. The molecule has 3 atom stereocenters. The highest BCUT2D eigenvalue weighted by Crippen LogP contribution is 2.45. The molecule has 2 aromatic rings. The van der Waals surface area contributed by atoms with Gasteiger partial charge in [-0.1, -0.05) is 23.2 Å². The highest BCUT2D eigenvalue weighted by Gasteiger charge is 2.55. The maximum Gasteiger partial charge on any atom is 0.318 e. The summed E-state index contributed by atoms with van der Waals surface area (Å²) in [5, 5.41) is 9.46. The molecule has 8 heteroatoms. The second kappa shape index (κ2) is 6.07. The topological polar surface area (TPSA) is 79.5 Å². The average molecular weight is 392 g/mol. The maximum atomic E-state index is 13.0. The Labute approximate surface area is 159 Å². The third-order valence-electron chi connectivity index (χ3n) is 4.60. The molecule has 2 aliphatic heterocycles. The number of amides is 3. The molecular formula is C18H15Cl2N3O3. The van der Waals surface area contributed by atoms with Crippen LogP contribution in [0.25, 0.3) is 0 Å². The van der Waals surface area contributed by atoms with E-state index < -0.39 is 23.7 Å². The van der Waals surface area contributed by atoms with E-state index in [2.05, 4.69) is 16.0 Å². The van der Waals surface area contributed by atoms with Crippen molar-refractivity contribution in [2.24, 2.45) is 5.92 Å². The Morgan fingerprint density at radius 3 is 2.58 bits per heavy atom. The van der Waals surface area contributed by atoms with E-state index in [-0.39, 0.29) is 5.91 Å². The predicted molar refractivity (Wildman–Crippen MR) is 98.5 cm³/mol. The van der Waals surface area contributed by atoms with Crippen LogP contribution in [0.4, 0.5) is 10.5 Å². The number of carbonyl (C=O) groups excluding carboxylic acids is 2. The zero-order valence-corrected chi connectivity index (χ0v) is 15.2. The molecule has 0 unspecified atom stereocenters. The molecule has 3 N–H and O–H groups in total. The van der Waals surface area contributed by atoms with Crippen LogP contribution in [0, 0.1) is 5.92 Å². The van der Waals surface area contributed by atoms with Crippen molar-refractivity contribution in [1.29, 1.82) is 0 Å². The number of hydrogen-bond acceptors (Lipinski definition) is 3. The first-order chi connectivity index (χ1) is 12.4. The maximum absolute atomic E-state index is 13.0. The van der Waals surface area contributed by atoms with Crippen LogP contribution < -0.4 is 20.7 Å². The van der Waals surface area contributed by atoms with Gasteiger partial charge in [-0.3, -0.25) is 10.1 Å². The van der Waals surface area contributed by atoms with Crippen LogP contribution in [0.2, 0.25) is 10.0 Å². The molecule has 2 heterocycles. The summed E-state index contributed by atoms with van der Waals surface area (Å²) < 4.78 is 5.99. The van der Waals surface area contributed by atoms with Crippen LogP contribution in [0.15, 0.2) is 42.5 Å². The minimum absolute atomic E-state index is 0.294. The first kappa shape index (κ1) is 17.0. The van der Waals surface area contributed by atoms with Gasteiger partial charge in [-0.2, -0.15) is 0 Å². The Balaban J connectivity index is 1.71. The molecule has 1 saturated heterocycles. The Morgan fingerprint density at radius 2 is 1.85 bits per heavy atom. The lowest BCUT2D eigenvalue weighted by molar-refractivity contribution is -0.133. The van der Waals surface area contributed by atoms with Crippen LogP contribution in [-0.2, 0) is 4.79 Å². The van der Waals surface area contributed by atoms with Crippen LogP contribution in [-0.4, -0.2) is 17.7 Å². The van der Waals surface area contributed by atoms with Crippen molar-refractivity contribution in [2.75, 3.05) is 5.32 Å². The largest absolute Gasteiger partial charge is 0.467 e. The van der Waals surface area contributed by atoms with Gasteiger partial charge in [0.15, 0.2) is 5.72 Å². The first-order valence-corrected chi connectivity index (χ1v) is 8.75. The van der Waals surface area contributed by atoms with Crippen LogP contribution >= 0.6 is 23.2 Å². The lowest BCUT2D eigenvalue weighted by atomic mass is 9.80. The number of anilines is 1. The van der Waals surface area contributed by atoms with E-state index in [4.69, 9.17) is 27.9 Å². The van der Waals surface area contributed by atoms with Gasteiger partial charge in [0.05, 0.1) is 6.04 Å². The number of ether oxygens (including phenoxy) is 1. The number of carbonyl (C=O) groups is 2. The van der Waals surface area contributed by atoms with Gasteiger partial charge in [0.1, 0.15) is 11.7 Å². The number of benzene rings is 2. The zero-order chi connectivity index (χ0) is 18.5. The summed E-state index contributed by atoms with van der Waals surface area (Å²) in [4.78, 5) is 25.1. The van der Waals surface area contributed by atoms with Gasteiger partial charge in [0.2, 0.25) is 5.91 Å². The van der Waals surface area contributed by atoms with Crippen molar-refractivity contribution < 1.29 is 14.3 Å². The molecule has 0 aliphatic carbocycles. The van der Waals surface area contributed by atoms with Gasteiger partial charge in [0, 0.05) is 21.3 Å². The Kier molecular flexibility index (Phi) is 3.97. The van der Waals surface area contributed by atoms with Crippen molar-refractivity contribution in [3.8, 4) is 5.75 Å². The number of halogens is 2. The van der Waals surface area contributed by atoms with Crippen molar-refractivity contribution in [2.45, 2.75) is 18.7 Å². The molecule has 0 spiro atoms. The summed E-state index contributed by atoms with van der Waals surface area (Å²) >= 11 is 12.0. The van der Waals surface area contributed by atoms with Crippen molar-refractivity contribution in [1.82, 2.24) is 10.6 Å². The number of hydrogen-bond donors (Lipinski definition) is 3. The minimum atomic E-state index is -1.19. The van der Waals surface area contributed by atoms with Gasteiger partial charge in [-0.05, 0) is 49.4 Å². The number of rotatable bonds is 2. The molecule has 4 rings (SSSR count). The van der Waals surface area contributed by atoms with E-state index in [9.17, 15) is 9.59 Å². The fourth-order valence-electron chi connectivity index (χ4n) is 3.47. The van der Waals surface area contributed by atoms with E-state index in [1.807, 2.05) is 0 Å². The smallest absolute Gasteiger partial charge is 0.318 e. The number of nitrogens with one attached hydrogen (secondary N) is 3. The van der Waals surface area contributed by atoms with E-state index in [0.717, 1.165) is 0 Å². The molecule has 0 saturated carbocycles. The number of fused-ring (bicyclic) bond motifs is 4. The minimum Gasteiger partial charge on any atom is -0.467 e. The van der Waals surface area contributed by atoms with Crippen LogP contribution in [0.3, 0.4) is 0 Å². The molecule has 0 radical (unpaired) electrons. The monoisotopic (exact) mass is 391 g/mol. The normalized spacial score (nSPS) is 26.0. The molecule has 2 bridgehead atoms. The van der Waals surface area contributed by atoms with E-state index >= 15 is 0 Å². The molecule has 2 aliphatic rings. The predicted octanol–water partition coefficient (Wildman–Crippen LogP) is 3.71. The molecular weight excluding hydrogens is 377 g/mol. The Hall–Kier alpha value is -2.44. The molecule has 6 nitrogen and oxygen atoms in total. The lowest BCUT2D eigenvalue weighted by Gasteiger charge is -2.49. The van der Waals surface area contributed by atoms with Crippen molar-refractivity contribution in [3.05, 3.63) is 58.1 Å². The zero-order valence-electron chi connectivity index (χ0n) is 13.7. The molecule has 134 valence electrons. The second-order valence-corrected chi connectivity index (χ2v) is 7.31. The molecule has 3 amide bonds. The highest BCUT2D eigenvalue weighted by atomic mass is 35.5. The van der Waals surface area contributed by atoms with Crippen LogP contribution in [0.1, 0.15) is 18.5 Å². The fraction of sp³-hybridized carbons (Fsp3) is 0.222. The standard InChI is InChI=1S/C18H15Cl2N3O3/c1-18-14(16(24)21-11-5-2-9(19)3-6-11)15(22-17(25)23-18)12-8-10(20)4-7-13(12)26-18/h2-8,14-15H,1H3,(H,21,24)(H2,22,23,25)/t14-,15-,18+/m1/s1. The molecule has 1 fully saturated rings. The summed E-state index contributed by atoms with van der Waals surface area (Å²) in [5.74, 6) is -0.426. The Morgan fingerprint density at radius 1 is 1.15 bits per heavy atom. The summed E-state index contributed by atoms with van der Waals surface area (Å²) in [7, 11) is 0. The third kappa shape index (κ3) is 2.85. The molecule has 0 aromatic heterocycles. The van der Waals surface area contributed by atoms with Gasteiger partial charge < -0.3 is 15.4 Å². The fourth-order valence-corrected chi connectivity index (χ4v) is 3.77. The summed E-state index contributed by atoms with van der Waals surface area (Å²) in [6.45, 7) is 1.68. The van der Waals surface area contributed by atoms with E-state index in [1.54, 1.807) is 49.4 Å². The van der Waals surface area contributed by atoms with Crippen molar-refractivity contribution >= 4 is 40.8 Å². The first-order valence-electron chi connectivity index (χ1n) is 7.99. The third-order valence-corrected chi connectivity index (χ3v) is 5.09. The summed E-state index contributed by atoms with van der Waals surface area (Å²) in [6, 6.07) is 11.0. The summed E-state index contributed by atoms with van der Waals surface area (Å²) in [6.07, 6.45) is 0. The van der Waals surface area contributed by atoms with Gasteiger partial charge in [-0.25, -0.2) is 4.79 Å².